The Morgan fingerprint density at radius 1 is 1.40 bits per heavy atom. The minimum absolute atomic E-state index is 0.0715. The molecule has 0 aliphatic heterocycles. The largest absolute Gasteiger partial charge is 0.354 e. The summed E-state index contributed by atoms with van der Waals surface area (Å²) in [6, 6.07) is 7.96. The highest BCUT2D eigenvalue weighted by atomic mass is 35.5. The molecule has 0 saturated heterocycles. The molecule has 0 aliphatic rings. The smallest absolute Gasteiger partial charge is 0.226 e. The molecule has 0 aliphatic carbocycles. The second-order valence-corrected chi connectivity index (χ2v) is 6.30. The summed E-state index contributed by atoms with van der Waals surface area (Å²) in [7, 11) is 0. The quantitative estimate of drug-likeness (QED) is 0.812. The van der Waals surface area contributed by atoms with Crippen molar-refractivity contribution in [2.75, 3.05) is 13.1 Å². The van der Waals surface area contributed by atoms with Gasteiger partial charge in [-0.05, 0) is 37.6 Å². The minimum Gasteiger partial charge on any atom is -0.354 e. The van der Waals surface area contributed by atoms with Crippen molar-refractivity contribution in [1.29, 1.82) is 0 Å². The second kappa shape index (κ2) is 7.65. The molecule has 1 aromatic carbocycles. The van der Waals surface area contributed by atoms with E-state index in [4.69, 9.17) is 11.6 Å². The third-order valence-corrected chi connectivity index (χ3v) is 3.51. The zero-order chi connectivity index (χ0) is 15.2. The van der Waals surface area contributed by atoms with E-state index < -0.39 is 5.41 Å². The fourth-order valence-electron chi connectivity index (χ4n) is 2.14. The van der Waals surface area contributed by atoms with E-state index in [1.54, 1.807) is 0 Å². The van der Waals surface area contributed by atoms with Crippen molar-refractivity contribution < 1.29 is 4.79 Å². The van der Waals surface area contributed by atoms with Gasteiger partial charge in [0.05, 0.1) is 0 Å². The van der Waals surface area contributed by atoms with Gasteiger partial charge in [-0.1, -0.05) is 44.5 Å². The Kier molecular flexibility index (Phi) is 6.50. The molecule has 112 valence electrons. The summed E-state index contributed by atoms with van der Waals surface area (Å²) in [6.45, 7) is 9.59. The normalized spacial score (nSPS) is 13.1. The Balaban J connectivity index is 2.56. The van der Waals surface area contributed by atoms with Gasteiger partial charge in [0.1, 0.15) is 0 Å². The SMILES string of the molecule is CCN[C@H](C)CNC(=O)C(C)(C)Cc1cccc(Cl)c1. The lowest BCUT2D eigenvalue weighted by molar-refractivity contribution is -0.129. The molecule has 1 rings (SSSR count). The summed E-state index contributed by atoms with van der Waals surface area (Å²) < 4.78 is 0. The Bertz CT molecular complexity index is 446. The highest BCUT2D eigenvalue weighted by Crippen LogP contribution is 2.23. The highest BCUT2D eigenvalue weighted by molar-refractivity contribution is 6.30. The molecule has 1 atom stereocenters. The van der Waals surface area contributed by atoms with Gasteiger partial charge >= 0.3 is 0 Å². The predicted octanol–water partition coefficient (Wildman–Crippen LogP) is 3.02. The summed E-state index contributed by atoms with van der Waals surface area (Å²) >= 11 is 5.98. The van der Waals surface area contributed by atoms with Crippen LogP contribution in [-0.4, -0.2) is 25.0 Å². The molecule has 0 bridgehead atoms. The zero-order valence-electron chi connectivity index (χ0n) is 12.8. The molecular formula is C16H25ClN2O. The van der Waals surface area contributed by atoms with Crippen LogP contribution in [0.2, 0.25) is 5.02 Å². The van der Waals surface area contributed by atoms with Gasteiger partial charge in [0, 0.05) is 23.0 Å². The lowest BCUT2D eigenvalue weighted by Gasteiger charge is -2.25. The van der Waals surface area contributed by atoms with Crippen molar-refractivity contribution in [2.45, 2.75) is 40.2 Å². The minimum atomic E-state index is -0.448. The lowest BCUT2D eigenvalue weighted by Crippen LogP contribution is -2.44. The summed E-state index contributed by atoms with van der Waals surface area (Å²) in [5, 5.41) is 6.99. The average Bonchev–Trinajstić information content (AvgIpc) is 2.35. The van der Waals surface area contributed by atoms with Crippen LogP contribution in [0.15, 0.2) is 24.3 Å². The molecule has 0 aromatic heterocycles. The van der Waals surface area contributed by atoms with Gasteiger partial charge in [0.15, 0.2) is 0 Å². The topological polar surface area (TPSA) is 41.1 Å². The number of amides is 1. The number of benzene rings is 1. The van der Waals surface area contributed by atoms with Crippen LogP contribution in [0.1, 0.15) is 33.3 Å². The van der Waals surface area contributed by atoms with Gasteiger partial charge in [-0.2, -0.15) is 0 Å². The van der Waals surface area contributed by atoms with Crippen LogP contribution in [0.4, 0.5) is 0 Å². The van der Waals surface area contributed by atoms with Crippen LogP contribution in [0.25, 0.3) is 0 Å². The van der Waals surface area contributed by atoms with Crippen molar-refractivity contribution in [1.82, 2.24) is 10.6 Å². The van der Waals surface area contributed by atoms with Crippen LogP contribution in [0.5, 0.6) is 0 Å². The Hall–Kier alpha value is -1.06. The van der Waals surface area contributed by atoms with Crippen molar-refractivity contribution in [3.63, 3.8) is 0 Å². The Labute approximate surface area is 127 Å². The van der Waals surface area contributed by atoms with Crippen LogP contribution >= 0.6 is 11.6 Å². The van der Waals surface area contributed by atoms with Gasteiger partial charge < -0.3 is 10.6 Å². The molecule has 3 nitrogen and oxygen atoms in total. The summed E-state index contributed by atoms with van der Waals surface area (Å²) in [5.74, 6) is 0.0715. The first-order valence-electron chi connectivity index (χ1n) is 7.11. The maximum Gasteiger partial charge on any atom is 0.226 e. The molecule has 1 amide bonds. The van der Waals surface area contributed by atoms with E-state index in [0.29, 0.717) is 18.0 Å². The standard InChI is InChI=1S/C16H25ClN2O/c1-5-18-12(2)11-19-15(20)16(3,4)10-13-7-6-8-14(17)9-13/h6-9,12,18H,5,10-11H2,1-4H3,(H,19,20)/t12-/m1/s1. The number of carbonyl (C=O) groups excluding carboxylic acids is 1. The number of likely N-dealkylation sites (N-methyl/N-ethyl adjacent to an activating group) is 1. The molecule has 0 unspecified atom stereocenters. The van der Waals surface area contributed by atoms with E-state index in [0.717, 1.165) is 12.1 Å². The third-order valence-electron chi connectivity index (χ3n) is 3.27. The molecule has 0 fully saturated rings. The molecule has 1 aromatic rings. The molecule has 20 heavy (non-hydrogen) atoms. The van der Waals surface area contributed by atoms with E-state index in [1.165, 1.54) is 0 Å². The fraction of sp³-hybridized carbons (Fsp3) is 0.562. The van der Waals surface area contributed by atoms with E-state index in [-0.39, 0.29) is 11.9 Å². The molecule has 0 radical (unpaired) electrons. The fourth-order valence-corrected chi connectivity index (χ4v) is 2.36. The monoisotopic (exact) mass is 296 g/mol. The van der Waals surface area contributed by atoms with Crippen LogP contribution in [0.3, 0.4) is 0 Å². The van der Waals surface area contributed by atoms with E-state index in [2.05, 4.69) is 24.5 Å². The van der Waals surface area contributed by atoms with Gasteiger partial charge in [-0.25, -0.2) is 0 Å². The highest BCUT2D eigenvalue weighted by Gasteiger charge is 2.27. The number of rotatable bonds is 7. The van der Waals surface area contributed by atoms with E-state index in [1.807, 2.05) is 38.1 Å². The maximum absolute atomic E-state index is 12.3. The summed E-state index contributed by atoms with van der Waals surface area (Å²) in [6.07, 6.45) is 0.676. The summed E-state index contributed by atoms with van der Waals surface area (Å²) in [5.41, 5.74) is 0.633. The molecule has 0 spiro atoms. The first kappa shape index (κ1) is 17.0. The lowest BCUT2D eigenvalue weighted by atomic mass is 9.85. The third kappa shape index (κ3) is 5.51. The molecule has 0 heterocycles. The van der Waals surface area contributed by atoms with Crippen LogP contribution in [0, 0.1) is 5.41 Å². The first-order chi connectivity index (χ1) is 9.35. The number of hydrogen-bond acceptors (Lipinski definition) is 2. The number of carbonyl (C=O) groups is 1. The van der Waals surface area contributed by atoms with Crippen LogP contribution in [-0.2, 0) is 11.2 Å². The van der Waals surface area contributed by atoms with E-state index >= 15 is 0 Å². The number of hydrogen-bond donors (Lipinski definition) is 2. The van der Waals surface area contributed by atoms with Gasteiger partial charge in [0.25, 0.3) is 0 Å². The number of nitrogens with one attached hydrogen (secondary N) is 2. The van der Waals surface area contributed by atoms with E-state index in [9.17, 15) is 4.79 Å². The molecular weight excluding hydrogens is 272 g/mol. The van der Waals surface area contributed by atoms with Crippen molar-refractivity contribution >= 4 is 17.5 Å². The molecule has 4 heteroatoms. The molecule has 0 saturated carbocycles. The Morgan fingerprint density at radius 3 is 2.70 bits per heavy atom. The van der Waals surface area contributed by atoms with Crippen LogP contribution < -0.4 is 10.6 Å². The molecule has 2 N–H and O–H groups in total. The van der Waals surface area contributed by atoms with Crippen molar-refractivity contribution in [2.24, 2.45) is 5.41 Å². The first-order valence-corrected chi connectivity index (χ1v) is 7.49. The predicted molar refractivity (Wildman–Crippen MR) is 85.1 cm³/mol. The van der Waals surface area contributed by atoms with Crippen molar-refractivity contribution in [3.05, 3.63) is 34.9 Å². The second-order valence-electron chi connectivity index (χ2n) is 5.86. The van der Waals surface area contributed by atoms with Gasteiger partial charge in [-0.3, -0.25) is 4.79 Å². The number of halogens is 1. The van der Waals surface area contributed by atoms with Gasteiger partial charge in [0.2, 0.25) is 5.91 Å². The Morgan fingerprint density at radius 2 is 2.10 bits per heavy atom. The zero-order valence-corrected chi connectivity index (χ0v) is 13.6. The average molecular weight is 297 g/mol. The van der Waals surface area contributed by atoms with Gasteiger partial charge in [-0.15, -0.1) is 0 Å². The maximum atomic E-state index is 12.3. The summed E-state index contributed by atoms with van der Waals surface area (Å²) in [4.78, 5) is 12.3. The van der Waals surface area contributed by atoms with Crippen molar-refractivity contribution in [3.8, 4) is 0 Å².